The van der Waals surface area contributed by atoms with Crippen LogP contribution >= 0.6 is 0 Å². The number of nitrogens with zero attached hydrogens (tertiary/aromatic N) is 2. The first-order valence-corrected chi connectivity index (χ1v) is 12.9. The Bertz CT molecular complexity index is 1370. The van der Waals surface area contributed by atoms with E-state index in [0.717, 1.165) is 23.2 Å². The molecule has 3 aromatic rings. The lowest BCUT2D eigenvalue weighted by atomic mass is 9.77. The van der Waals surface area contributed by atoms with Crippen LogP contribution in [-0.4, -0.2) is 49.7 Å². The van der Waals surface area contributed by atoms with Crippen molar-refractivity contribution in [2.24, 2.45) is 11.1 Å². The smallest absolute Gasteiger partial charge is 0.253 e. The van der Waals surface area contributed by atoms with E-state index in [2.05, 4.69) is 12.1 Å². The van der Waals surface area contributed by atoms with Crippen LogP contribution in [0.5, 0.6) is 5.75 Å². The van der Waals surface area contributed by atoms with Crippen molar-refractivity contribution < 1.29 is 14.3 Å². The Balaban J connectivity index is 1.26. The van der Waals surface area contributed by atoms with E-state index in [1.165, 1.54) is 12.4 Å². The number of piperidine rings is 1. The molecule has 2 aliphatic heterocycles. The average Bonchev–Trinajstić information content (AvgIpc) is 3.29. The molecule has 0 radical (unpaired) electrons. The molecule has 1 spiro atoms. The topological polar surface area (TPSA) is 99.7 Å². The van der Waals surface area contributed by atoms with Crippen LogP contribution < -0.4 is 15.4 Å². The number of nitrogens with two attached hydrogens (primary N) is 1. The minimum Gasteiger partial charge on any atom is -0.496 e. The maximum Gasteiger partial charge on any atom is 0.253 e. The third-order valence-electron chi connectivity index (χ3n) is 7.90. The zero-order chi connectivity index (χ0) is 26.7. The fourth-order valence-corrected chi connectivity index (χ4v) is 5.59. The number of carbonyl (C=O) groups excluding carboxylic acids is 2. The Morgan fingerprint density at radius 3 is 2.24 bits per heavy atom. The second-order valence-corrected chi connectivity index (χ2v) is 9.87. The lowest BCUT2D eigenvalue weighted by Gasteiger charge is -2.38. The van der Waals surface area contributed by atoms with Gasteiger partial charge in [0.1, 0.15) is 5.75 Å². The normalized spacial score (nSPS) is 17.1. The van der Waals surface area contributed by atoms with Crippen molar-refractivity contribution in [2.45, 2.75) is 19.3 Å². The van der Waals surface area contributed by atoms with Gasteiger partial charge in [0, 0.05) is 60.5 Å². The van der Waals surface area contributed by atoms with E-state index in [9.17, 15) is 9.59 Å². The van der Waals surface area contributed by atoms with E-state index in [4.69, 9.17) is 15.9 Å². The van der Waals surface area contributed by atoms with Crippen molar-refractivity contribution in [1.82, 2.24) is 4.90 Å². The van der Waals surface area contributed by atoms with Gasteiger partial charge in [0.25, 0.3) is 5.91 Å². The Hall–Kier alpha value is -4.39. The summed E-state index contributed by atoms with van der Waals surface area (Å²) in [5.74, 6) is 0.681. The zero-order valence-corrected chi connectivity index (χ0v) is 21.5. The summed E-state index contributed by atoms with van der Waals surface area (Å²) >= 11 is 0. The number of allylic oxidation sites excluding steroid dienone is 1. The van der Waals surface area contributed by atoms with E-state index < -0.39 is 5.41 Å². The van der Waals surface area contributed by atoms with Gasteiger partial charge in [-0.05, 0) is 54.7 Å². The van der Waals surface area contributed by atoms with Gasteiger partial charge in [-0.1, -0.05) is 42.5 Å². The molecule has 0 aromatic heterocycles. The van der Waals surface area contributed by atoms with Crippen molar-refractivity contribution in [1.29, 1.82) is 5.41 Å². The molecule has 38 heavy (non-hydrogen) atoms. The van der Waals surface area contributed by atoms with Gasteiger partial charge < -0.3 is 25.7 Å². The molecule has 2 amide bonds. The molecule has 5 rings (SSSR count). The van der Waals surface area contributed by atoms with Crippen molar-refractivity contribution >= 4 is 29.3 Å². The number of methoxy groups -OCH3 is 1. The molecule has 2 aliphatic rings. The van der Waals surface area contributed by atoms with Crippen LogP contribution in [0.2, 0.25) is 0 Å². The minimum atomic E-state index is -0.447. The first-order valence-electron chi connectivity index (χ1n) is 12.9. The second kappa shape index (κ2) is 10.5. The average molecular weight is 509 g/mol. The molecular formula is C31H32N4O3. The summed E-state index contributed by atoms with van der Waals surface area (Å²) in [6, 6.07) is 23.4. The Morgan fingerprint density at radius 2 is 1.61 bits per heavy atom. The van der Waals surface area contributed by atoms with E-state index in [0.29, 0.717) is 54.9 Å². The summed E-state index contributed by atoms with van der Waals surface area (Å²) in [7, 11) is 1.57. The highest BCUT2D eigenvalue weighted by Gasteiger charge is 2.49. The van der Waals surface area contributed by atoms with Gasteiger partial charge in [-0.25, -0.2) is 0 Å². The first kappa shape index (κ1) is 25.3. The highest BCUT2D eigenvalue weighted by Crippen LogP contribution is 2.44. The number of anilines is 1. The number of hydrogen-bond donors (Lipinski definition) is 2. The summed E-state index contributed by atoms with van der Waals surface area (Å²) < 4.78 is 5.54. The fraction of sp³-hybridized carbons (Fsp3) is 0.258. The maximum atomic E-state index is 13.6. The highest BCUT2D eigenvalue weighted by atomic mass is 16.5. The van der Waals surface area contributed by atoms with Crippen LogP contribution in [0.15, 0.2) is 79.0 Å². The molecule has 2 heterocycles. The number of ether oxygens (including phenoxy) is 1. The number of nitrogens with one attached hydrogen (secondary N) is 1. The van der Waals surface area contributed by atoms with Crippen molar-refractivity contribution in [3.05, 3.63) is 90.1 Å². The standard InChI is InChI=1S/C31H32N4O3/c1-38-28-19-26(11-12-27(28)25(20-32)21-33)35-18-15-31(30(35)37)13-16-34(17-14-31)29(36)24-9-7-23(8-10-24)22-5-3-2-4-6-22/h2-12,19-21,32H,13-18,33H2,1H3/b25-21+,32-20?. The van der Waals surface area contributed by atoms with E-state index in [-0.39, 0.29) is 11.8 Å². The summed E-state index contributed by atoms with van der Waals surface area (Å²) in [6.45, 7) is 1.75. The van der Waals surface area contributed by atoms with Gasteiger partial charge in [0.2, 0.25) is 5.91 Å². The van der Waals surface area contributed by atoms with Crippen LogP contribution in [0.1, 0.15) is 35.2 Å². The van der Waals surface area contributed by atoms with Crippen LogP contribution in [-0.2, 0) is 4.79 Å². The fourth-order valence-electron chi connectivity index (χ4n) is 5.59. The number of amides is 2. The quantitative estimate of drug-likeness (QED) is 0.459. The summed E-state index contributed by atoms with van der Waals surface area (Å²) in [5, 5.41) is 7.58. The zero-order valence-electron chi connectivity index (χ0n) is 21.5. The van der Waals surface area contributed by atoms with E-state index >= 15 is 0 Å². The Labute approximate surface area is 223 Å². The van der Waals surface area contributed by atoms with Crippen molar-refractivity contribution in [3.8, 4) is 16.9 Å². The van der Waals surface area contributed by atoms with Crippen molar-refractivity contribution in [2.75, 3.05) is 31.6 Å². The van der Waals surface area contributed by atoms with Gasteiger partial charge in [-0.3, -0.25) is 9.59 Å². The summed E-state index contributed by atoms with van der Waals surface area (Å²) in [6.07, 6.45) is 4.62. The predicted molar refractivity (Wildman–Crippen MR) is 150 cm³/mol. The lowest BCUT2D eigenvalue weighted by Crippen LogP contribution is -2.46. The number of likely N-dealkylation sites (tertiary alicyclic amines) is 1. The van der Waals surface area contributed by atoms with Crippen LogP contribution in [0.4, 0.5) is 5.69 Å². The number of hydrogen-bond acceptors (Lipinski definition) is 5. The van der Waals surface area contributed by atoms with E-state index in [1.807, 2.05) is 70.5 Å². The molecule has 194 valence electrons. The molecule has 2 saturated heterocycles. The minimum absolute atomic E-state index is 0.0112. The monoisotopic (exact) mass is 508 g/mol. The Kier molecular flexibility index (Phi) is 7.01. The molecule has 0 bridgehead atoms. The van der Waals surface area contributed by atoms with Gasteiger partial charge in [-0.15, -0.1) is 0 Å². The van der Waals surface area contributed by atoms with Crippen molar-refractivity contribution in [3.63, 3.8) is 0 Å². The largest absolute Gasteiger partial charge is 0.496 e. The molecule has 0 aliphatic carbocycles. The molecule has 0 unspecified atom stereocenters. The molecule has 3 aromatic carbocycles. The third-order valence-corrected chi connectivity index (χ3v) is 7.90. The number of rotatable bonds is 6. The molecule has 7 nitrogen and oxygen atoms in total. The maximum absolute atomic E-state index is 13.6. The van der Waals surface area contributed by atoms with Gasteiger partial charge in [-0.2, -0.15) is 0 Å². The second-order valence-electron chi connectivity index (χ2n) is 9.87. The molecule has 3 N–H and O–H groups in total. The van der Waals surface area contributed by atoms with Crippen LogP contribution in [0, 0.1) is 10.8 Å². The van der Waals surface area contributed by atoms with E-state index in [1.54, 1.807) is 7.11 Å². The molecular weight excluding hydrogens is 476 g/mol. The highest BCUT2D eigenvalue weighted by molar-refractivity contribution is 6.09. The predicted octanol–water partition coefficient (Wildman–Crippen LogP) is 4.97. The molecule has 0 atom stereocenters. The number of benzene rings is 3. The lowest BCUT2D eigenvalue weighted by molar-refractivity contribution is -0.127. The summed E-state index contributed by atoms with van der Waals surface area (Å²) in [5.41, 5.74) is 10.1. The third kappa shape index (κ3) is 4.56. The Morgan fingerprint density at radius 1 is 0.947 bits per heavy atom. The van der Waals surface area contributed by atoms with Gasteiger partial charge >= 0.3 is 0 Å². The van der Waals surface area contributed by atoms with Gasteiger partial charge in [0.15, 0.2) is 0 Å². The molecule has 7 heteroatoms. The molecule has 2 fully saturated rings. The van der Waals surface area contributed by atoms with Crippen LogP contribution in [0.3, 0.4) is 0 Å². The summed E-state index contributed by atoms with van der Waals surface area (Å²) in [4.78, 5) is 30.6. The van der Waals surface area contributed by atoms with Crippen LogP contribution in [0.25, 0.3) is 16.7 Å². The molecule has 0 saturated carbocycles. The SMILES string of the molecule is COc1cc(N2CCC3(CCN(C(=O)c4ccc(-c5ccccc5)cc4)CC3)C2=O)ccc1/C(C=N)=C/N. The number of carbonyl (C=O) groups is 2. The van der Waals surface area contributed by atoms with Gasteiger partial charge in [0.05, 0.1) is 12.5 Å². The first-order chi connectivity index (χ1) is 18.5.